The SMILES string of the molecule is CCCCC(=O)N[C@H]1C[C@@H](O)CN(c2ccnc(-c3ccc4c(c3)OCO4)c2)C1. The van der Waals surface area contributed by atoms with Crippen LogP contribution >= 0.6 is 0 Å². The average Bonchev–Trinajstić information content (AvgIpc) is 3.20. The average molecular weight is 397 g/mol. The normalized spacial score (nSPS) is 20.6. The summed E-state index contributed by atoms with van der Waals surface area (Å²) >= 11 is 0. The fourth-order valence-corrected chi connectivity index (χ4v) is 3.85. The first-order valence-corrected chi connectivity index (χ1v) is 10.2. The van der Waals surface area contributed by atoms with E-state index in [2.05, 4.69) is 22.1 Å². The number of anilines is 1. The summed E-state index contributed by atoms with van der Waals surface area (Å²) in [6.07, 6.45) is 4.27. The van der Waals surface area contributed by atoms with Crippen LogP contribution in [0.15, 0.2) is 36.5 Å². The number of nitrogens with zero attached hydrogens (tertiary/aromatic N) is 2. The summed E-state index contributed by atoms with van der Waals surface area (Å²) in [5.41, 5.74) is 2.74. The highest BCUT2D eigenvalue weighted by Crippen LogP contribution is 2.36. The van der Waals surface area contributed by atoms with Crippen LogP contribution in [-0.4, -0.2) is 48.0 Å². The molecule has 154 valence electrons. The van der Waals surface area contributed by atoms with Crippen LogP contribution in [0, 0.1) is 0 Å². The van der Waals surface area contributed by atoms with E-state index in [-0.39, 0.29) is 18.7 Å². The van der Waals surface area contributed by atoms with E-state index < -0.39 is 6.10 Å². The van der Waals surface area contributed by atoms with Gasteiger partial charge in [-0.25, -0.2) is 0 Å². The van der Waals surface area contributed by atoms with Crippen molar-refractivity contribution in [3.63, 3.8) is 0 Å². The second-order valence-corrected chi connectivity index (χ2v) is 7.63. The minimum absolute atomic E-state index is 0.0571. The predicted molar refractivity (Wildman–Crippen MR) is 110 cm³/mol. The van der Waals surface area contributed by atoms with Crippen LogP contribution in [0.4, 0.5) is 5.69 Å². The minimum atomic E-state index is -0.484. The maximum Gasteiger partial charge on any atom is 0.231 e. The van der Waals surface area contributed by atoms with Crippen LogP contribution in [0.25, 0.3) is 11.3 Å². The van der Waals surface area contributed by atoms with Gasteiger partial charge in [-0.3, -0.25) is 9.78 Å². The molecule has 0 saturated carbocycles. The van der Waals surface area contributed by atoms with Gasteiger partial charge in [-0.1, -0.05) is 13.3 Å². The van der Waals surface area contributed by atoms with Gasteiger partial charge in [-0.15, -0.1) is 0 Å². The van der Waals surface area contributed by atoms with Gasteiger partial charge < -0.3 is 24.8 Å². The van der Waals surface area contributed by atoms with Gasteiger partial charge in [0.15, 0.2) is 11.5 Å². The summed E-state index contributed by atoms with van der Waals surface area (Å²) in [5.74, 6) is 1.52. The molecule has 2 aliphatic rings. The fraction of sp³-hybridized carbons (Fsp3) is 0.455. The monoisotopic (exact) mass is 397 g/mol. The molecule has 1 aromatic carbocycles. The summed E-state index contributed by atoms with van der Waals surface area (Å²) in [5, 5.41) is 13.4. The number of hydrogen-bond donors (Lipinski definition) is 2. The molecule has 1 amide bonds. The Balaban J connectivity index is 1.49. The summed E-state index contributed by atoms with van der Waals surface area (Å²) < 4.78 is 10.8. The smallest absolute Gasteiger partial charge is 0.231 e. The first-order valence-electron chi connectivity index (χ1n) is 10.2. The number of β-amino-alcohol motifs (C(OH)–C–C–N with tert-alkyl or cyclic N) is 1. The lowest BCUT2D eigenvalue weighted by atomic mass is 10.0. The first kappa shape index (κ1) is 19.5. The van der Waals surface area contributed by atoms with Crippen LogP contribution in [0.3, 0.4) is 0 Å². The second-order valence-electron chi connectivity index (χ2n) is 7.63. The molecule has 2 atom stereocenters. The lowest BCUT2D eigenvalue weighted by molar-refractivity contribution is -0.122. The fourth-order valence-electron chi connectivity index (χ4n) is 3.85. The number of aliphatic hydroxyl groups excluding tert-OH is 1. The molecule has 1 aromatic heterocycles. The zero-order chi connectivity index (χ0) is 20.2. The Morgan fingerprint density at radius 3 is 2.97 bits per heavy atom. The van der Waals surface area contributed by atoms with Crippen molar-refractivity contribution in [2.24, 2.45) is 0 Å². The molecule has 29 heavy (non-hydrogen) atoms. The Morgan fingerprint density at radius 1 is 1.24 bits per heavy atom. The van der Waals surface area contributed by atoms with Gasteiger partial charge in [0.1, 0.15) is 0 Å². The van der Waals surface area contributed by atoms with E-state index in [4.69, 9.17) is 9.47 Å². The number of aromatic nitrogens is 1. The van der Waals surface area contributed by atoms with E-state index in [9.17, 15) is 9.90 Å². The molecule has 7 heteroatoms. The molecule has 2 aliphatic heterocycles. The molecule has 0 radical (unpaired) electrons. The number of nitrogens with one attached hydrogen (secondary N) is 1. The third-order valence-corrected chi connectivity index (χ3v) is 5.33. The molecule has 1 saturated heterocycles. The van der Waals surface area contributed by atoms with E-state index in [1.165, 1.54) is 0 Å². The maximum absolute atomic E-state index is 12.1. The number of pyridine rings is 1. The van der Waals surface area contributed by atoms with Crippen LogP contribution in [-0.2, 0) is 4.79 Å². The number of carbonyl (C=O) groups excluding carboxylic acids is 1. The Labute approximate surface area is 170 Å². The van der Waals surface area contributed by atoms with Crippen LogP contribution in [0.2, 0.25) is 0 Å². The molecule has 7 nitrogen and oxygen atoms in total. The topological polar surface area (TPSA) is 83.9 Å². The Kier molecular flexibility index (Phi) is 5.85. The number of amides is 1. The zero-order valence-corrected chi connectivity index (χ0v) is 16.6. The summed E-state index contributed by atoms with van der Waals surface area (Å²) in [7, 11) is 0. The first-order chi connectivity index (χ1) is 14.1. The highest BCUT2D eigenvalue weighted by atomic mass is 16.7. The van der Waals surface area contributed by atoms with Crippen molar-refractivity contribution >= 4 is 11.6 Å². The van der Waals surface area contributed by atoms with Gasteiger partial charge in [-0.05, 0) is 43.2 Å². The minimum Gasteiger partial charge on any atom is -0.454 e. The second kappa shape index (κ2) is 8.69. The van der Waals surface area contributed by atoms with E-state index >= 15 is 0 Å². The van der Waals surface area contributed by atoms with Crippen LogP contribution < -0.4 is 19.7 Å². The Hall–Kier alpha value is -2.80. The van der Waals surface area contributed by atoms with Crippen molar-refractivity contribution in [2.75, 3.05) is 24.8 Å². The number of piperidine rings is 1. The van der Waals surface area contributed by atoms with Crippen molar-refractivity contribution in [1.29, 1.82) is 0 Å². The summed E-state index contributed by atoms with van der Waals surface area (Å²) in [6, 6.07) is 9.65. The van der Waals surface area contributed by atoms with Gasteiger partial charge in [0.25, 0.3) is 0 Å². The van der Waals surface area contributed by atoms with Gasteiger partial charge >= 0.3 is 0 Å². The van der Waals surface area contributed by atoms with E-state index in [0.717, 1.165) is 41.3 Å². The third kappa shape index (κ3) is 4.62. The third-order valence-electron chi connectivity index (χ3n) is 5.33. The van der Waals surface area contributed by atoms with Gasteiger partial charge in [-0.2, -0.15) is 0 Å². The lowest BCUT2D eigenvalue weighted by Crippen LogP contribution is -2.52. The van der Waals surface area contributed by atoms with E-state index in [1.807, 2.05) is 30.3 Å². The number of hydrogen-bond acceptors (Lipinski definition) is 6. The lowest BCUT2D eigenvalue weighted by Gasteiger charge is -2.37. The standard InChI is InChI=1S/C22H27N3O4/c1-2-3-4-22(27)24-16-10-18(26)13-25(12-16)17-7-8-23-19(11-17)15-5-6-20-21(9-15)29-14-28-20/h5-9,11,16,18,26H,2-4,10,12-14H2,1H3,(H,24,27)/t16-,18+/m0/s1. The molecule has 0 unspecified atom stereocenters. The van der Waals surface area contributed by atoms with Crippen molar-refractivity contribution in [3.05, 3.63) is 36.5 Å². The molecule has 1 fully saturated rings. The molecule has 0 aliphatic carbocycles. The van der Waals surface area contributed by atoms with Gasteiger partial charge in [0.05, 0.1) is 11.8 Å². The summed E-state index contributed by atoms with van der Waals surface area (Å²) in [4.78, 5) is 18.7. The van der Waals surface area contributed by atoms with Crippen molar-refractivity contribution in [1.82, 2.24) is 10.3 Å². The largest absolute Gasteiger partial charge is 0.454 e. The molecule has 4 rings (SSSR count). The van der Waals surface area contributed by atoms with Gasteiger partial charge in [0.2, 0.25) is 12.7 Å². The number of rotatable bonds is 6. The van der Waals surface area contributed by atoms with Gasteiger partial charge in [0, 0.05) is 43.0 Å². The van der Waals surface area contributed by atoms with Crippen molar-refractivity contribution < 1.29 is 19.4 Å². The molecule has 2 aromatic rings. The Morgan fingerprint density at radius 2 is 2.10 bits per heavy atom. The molecule has 2 N–H and O–H groups in total. The molecular formula is C22H27N3O4. The number of ether oxygens (including phenoxy) is 2. The number of benzene rings is 1. The quantitative estimate of drug-likeness (QED) is 0.780. The predicted octanol–water partition coefficient (Wildman–Crippen LogP) is 2.72. The number of fused-ring (bicyclic) bond motifs is 1. The Bertz CT molecular complexity index is 873. The van der Waals surface area contributed by atoms with E-state index in [0.29, 0.717) is 25.9 Å². The number of aliphatic hydroxyl groups is 1. The number of unbranched alkanes of at least 4 members (excludes halogenated alkanes) is 1. The summed E-state index contributed by atoms with van der Waals surface area (Å²) in [6.45, 7) is 3.51. The molecule has 0 bridgehead atoms. The van der Waals surface area contributed by atoms with Crippen molar-refractivity contribution in [3.8, 4) is 22.8 Å². The highest BCUT2D eigenvalue weighted by molar-refractivity contribution is 5.76. The van der Waals surface area contributed by atoms with E-state index in [1.54, 1.807) is 6.20 Å². The van der Waals surface area contributed by atoms with Crippen LogP contribution in [0.1, 0.15) is 32.6 Å². The molecular weight excluding hydrogens is 370 g/mol. The highest BCUT2D eigenvalue weighted by Gasteiger charge is 2.27. The van der Waals surface area contributed by atoms with Crippen LogP contribution in [0.5, 0.6) is 11.5 Å². The molecule has 0 spiro atoms. The van der Waals surface area contributed by atoms with Crippen molar-refractivity contribution in [2.45, 2.75) is 44.8 Å². The molecule has 3 heterocycles. The number of carbonyl (C=O) groups is 1. The maximum atomic E-state index is 12.1. The zero-order valence-electron chi connectivity index (χ0n) is 16.6.